The molecule has 0 aliphatic carbocycles. The molecule has 0 aliphatic rings. The summed E-state index contributed by atoms with van der Waals surface area (Å²) in [5.41, 5.74) is 3.30. The molecule has 0 spiro atoms. The molecule has 1 heterocycles. The number of carboxylic acid groups (broad SMARTS) is 1. The van der Waals surface area contributed by atoms with E-state index in [-0.39, 0.29) is 12.1 Å². The van der Waals surface area contributed by atoms with Crippen molar-refractivity contribution in [1.29, 1.82) is 0 Å². The minimum absolute atomic E-state index is 0.243. The average molecular weight is 218 g/mol. The predicted molar refractivity (Wildman–Crippen MR) is 45.7 cm³/mol. The van der Waals surface area contributed by atoms with Gasteiger partial charge in [0.15, 0.2) is 0 Å². The molecule has 4 N–H and O–H groups in total. The second-order valence-corrected chi connectivity index (χ2v) is 2.69. The second kappa shape index (κ2) is 4.18. The van der Waals surface area contributed by atoms with Gasteiger partial charge in [0, 0.05) is 12.1 Å². The van der Waals surface area contributed by atoms with Gasteiger partial charge in [0.05, 0.1) is 11.8 Å². The Morgan fingerprint density at radius 3 is 2.60 bits per heavy atom. The van der Waals surface area contributed by atoms with Crippen molar-refractivity contribution in [3.05, 3.63) is 23.0 Å². The summed E-state index contributed by atoms with van der Waals surface area (Å²) in [6.45, 7) is -0.351. The average Bonchev–Trinajstić information content (AvgIpc) is 2.16. The Kier molecular flexibility index (Phi) is 3.15. The van der Waals surface area contributed by atoms with Crippen molar-refractivity contribution in [1.82, 2.24) is 4.98 Å². The van der Waals surface area contributed by atoms with Gasteiger partial charge in [-0.25, -0.2) is 13.6 Å². The highest BCUT2D eigenvalue weighted by atomic mass is 19.3. The topological polar surface area (TPSA) is 96.4 Å². The molecule has 0 radical (unpaired) electrons. The molecule has 7 heteroatoms. The number of aromatic hydroxyl groups is 1. The third-order valence-electron chi connectivity index (χ3n) is 1.82. The molecule has 82 valence electrons. The van der Waals surface area contributed by atoms with Gasteiger partial charge in [-0.2, -0.15) is 0 Å². The van der Waals surface area contributed by atoms with Crippen molar-refractivity contribution in [2.24, 2.45) is 5.73 Å². The van der Waals surface area contributed by atoms with E-state index in [1.165, 1.54) is 0 Å². The van der Waals surface area contributed by atoms with Crippen LogP contribution in [0.4, 0.5) is 8.78 Å². The third kappa shape index (κ3) is 2.01. The van der Waals surface area contributed by atoms with Crippen LogP contribution in [0.2, 0.25) is 0 Å². The fraction of sp³-hybridized carbons (Fsp3) is 0.250. The standard InChI is InChI=1S/C8H8F2N2O3/c9-7(10)6-5(8(14)15)3(1-11)4(13)2-12-6/h2,7,13H,1,11H2,(H,14,15). The Labute approximate surface area is 83.2 Å². The Morgan fingerprint density at radius 1 is 1.60 bits per heavy atom. The summed E-state index contributed by atoms with van der Waals surface area (Å²) in [6.07, 6.45) is -2.27. The number of aromatic carboxylic acids is 1. The van der Waals surface area contributed by atoms with E-state index in [4.69, 9.17) is 10.8 Å². The van der Waals surface area contributed by atoms with Crippen molar-refractivity contribution in [2.45, 2.75) is 13.0 Å². The van der Waals surface area contributed by atoms with E-state index in [1.807, 2.05) is 0 Å². The number of hydrogen-bond donors (Lipinski definition) is 3. The molecule has 5 nitrogen and oxygen atoms in total. The molecule has 1 rings (SSSR count). The lowest BCUT2D eigenvalue weighted by molar-refractivity contribution is 0.0680. The third-order valence-corrected chi connectivity index (χ3v) is 1.82. The zero-order chi connectivity index (χ0) is 11.6. The minimum atomic E-state index is -3.03. The van der Waals surface area contributed by atoms with Crippen molar-refractivity contribution in [3.63, 3.8) is 0 Å². The van der Waals surface area contributed by atoms with Crippen molar-refractivity contribution >= 4 is 5.97 Å². The summed E-state index contributed by atoms with van der Waals surface area (Å²) < 4.78 is 24.8. The maximum absolute atomic E-state index is 12.4. The number of rotatable bonds is 3. The summed E-state index contributed by atoms with van der Waals surface area (Å²) in [5.74, 6) is -2.09. The number of hydrogen-bond acceptors (Lipinski definition) is 4. The Morgan fingerprint density at radius 2 is 2.20 bits per heavy atom. The number of alkyl halides is 2. The summed E-state index contributed by atoms with van der Waals surface area (Å²) in [7, 11) is 0. The number of aromatic nitrogens is 1. The van der Waals surface area contributed by atoms with E-state index in [2.05, 4.69) is 4.98 Å². The first kappa shape index (κ1) is 11.3. The van der Waals surface area contributed by atoms with Crippen molar-refractivity contribution in [3.8, 4) is 5.75 Å². The molecular weight excluding hydrogens is 210 g/mol. The van der Waals surface area contributed by atoms with E-state index < -0.39 is 29.4 Å². The molecule has 0 amide bonds. The largest absolute Gasteiger partial charge is 0.506 e. The van der Waals surface area contributed by atoms with Crippen LogP contribution in [0.3, 0.4) is 0 Å². The number of nitrogens with zero attached hydrogens (tertiary/aromatic N) is 1. The van der Waals surface area contributed by atoms with Gasteiger partial charge in [-0.3, -0.25) is 4.98 Å². The van der Waals surface area contributed by atoms with E-state index in [0.29, 0.717) is 0 Å². The lowest BCUT2D eigenvalue weighted by Crippen LogP contribution is -2.12. The monoisotopic (exact) mass is 218 g/mol. The Balaban J connectivity index is 3.49. The van der Waals surface area contributed by atoms with E-state index in [1.54, 1.807) is 0 Å². The van der Waals surface area contributed by atoms with Crippen LogP contribution in [-0.2, 0) is 6.54 Å². The summed E-state index contributed by atoms with van der Waals surface area (Å²) >= 11 is 0. The van der Waals surface area contributed by atoms with Crippen LogP contribution in [-0.4, -0.2) is 21.2 Å². The van der Waals surface area contributed by atoms with E-state index in [9.17, 15) is 18.7 Å². The van der Waals surface area contributed by atoms with E-state index in [0.717, 1.165) is 6.20 Å². The maximum Gasteiger partial charge on any atom is 0.338 e. The molecule has 0 aliphatic heterocycles. The van der Waals surface area contributed by atoms with Gasteiger partial charge in [-0.15, -0.1) is 0 Å². The highest BCUT2D eigenvalue weighted by Crippen LogP contribution is 2.28. The first-order valence-corrected chi connectivity index (χ1v) is 3.91. The first-order valence-electron chi connectivity index (χ1n) is 3.91. The smallest absolute Gasteiger partial charge is 0.338 e. The summed E-state index contributed by atoms with van der Waals surface area (Å²) in [4.78, 5) is 13.9. The number of pyridine rings is 1. The molecule has 0 atom stereocenters. The van der Waals surface area contributed by atoms with Gasteiger partial charge in [-0.05, 0) is 0 Å². The van der Waals surface area contributed by atoms with Gasteiger partial charge < -0.3 is 15.9 Å². The van der Waals surface area contributed by atoms with Crippen LogP contribution >= 0.6 is 0 Å². The summed E-state index contributed by atoms with van der Waals surface area (Å²) in [6, 6.07) is 0. The Hall–Kier alpha value is -1.76. The molecule has 0 bridgehead atoms. The molecule has 0 saturated heterocycles. The van der Waals surface area contributed by atoms with Crippen LogP contribution in [0.25, 0.3) is 0 Å². The fourth-order valence-corrected chi connectivity index (χ4v) is 1.17. The summed E-state index contributed by atoms with van der Waals surface area (Å²) in [5, 5.41) is 17.9. The van der Waals surface area contributed by atoms with Crippen molar-refractivity contribution < 1.29 is 23.8 Å². The van der Waals surface area contributed by atoms with Gasteiger partial charge in [0.1, 0.15) is 11.4 Å². The predicted octanol–water partition coefficient (Wildman–Crippen LogP) is 0.882. The molecular formula is C8H8F2N2O3. The van der Waals surface area contributed by atoms with Gasteiger partial charge in [0.2, 0.25) is 0 Å². The zero-order valence-electron chi connectivity index (χ0n) is 7.44. The maximum atomic E-state index is 12.4. The number of halogens is 2. The molecule has 1 aromatic rings. The zero-order valence-corrected chi connectivity index (χ0v) is 7.44. The van der Waals surface area contributed by atoms with Crippen LogP contribution in [0, 0.1) is 0 Å². The van der Waals surface area contributed by atoms with Crippen LogP contribution in [0.15, 0.2) is 6.20 Å². The second-order valence-electron chi connectivity index (χ2n) is 2.69. The number of carboxylic acids is 1. The minimum Gasteiger partial charge on any atom is -0.506 e. The highest BCUT2D eigenvalue weighted by molar-refractivity contribution is 5.91. The first-order chi connectivity index (χ1) is 6.99. The lowest BCUT2D eigenvalue weighted by Gasteiger charge is -2.09. The van der Waals surface area contributed by atoms with Crippen LogP contribution in [0.5, 0.6) is 5.75 Å². The van der Waals surface area contributed by atoms with Gasteiger partial charge in [-0.1, -0.05) is 0 Å². The molecule has 0 aromatic carbocycles. The SMILES string of the molecule is NCc1c(O)cnc(C(F)F)c1C(=O)O. The number of carbonyl (C=O) groups is 1. The van der Waals surface area contributed by atoms with Gasteiger partial charge >= 0.3 is 5.97 Å². The molecule has 15 heavy (non-hydrogen) atoms. The number of nitrogens with two attached hydrogens (primary N) is 1. The fourth-order valence-electron chi connectivity index (χ4n) is 1.17. The lowest BCUT2D eigenvalue weighted by atomic mass is 10.1. The van der Waals surface area contributed by atoms with E-state index >= 15 is 0 Å². The molecule has 0 fully saturated rings. The molecule has 1 aromatic heterocycles. The quantitative estimate of drug-likeness (QED) is 0.699. The molecule has 0 unspecified atom stereocenters. The Bertz CT molecular complexity index is 396. The van der Waals surface area contributed by atoms with Crippen molar-refractivity contribution in [2.75, 3.05) is 0 Å². The molecule has 0 saturated carbocycles. The normalized spacial score (nSPS) is 10.7. The van der Waals surface area contributed by atoms with Crippen LogP contribution < -0.4 is 5.73 Å². The van der Waals surface area contributed by atoms with Gasteiger partial charge in [0.25, 0.3) is 6.43 Å². The van der Waals surface area contributed by atoms with Crippen LogP contribution in [0.1, 0.15) is 28.0 Å². The highest BCUT2D eigenvalue weighted by Gasteiger charge is 2.24.